The minimum Gasteiger partial charge on any atom is -0.397 e. The molecule has 4 heteroatoms. The third kappa shape index (κ3) is 2.86. The molecule has 1 aliphatic heterocycles. The molecule has 0 radical (unpaired) electrons. The van der Waals surface area contributed by atoms with Crippen molar-refractivity contribution < 1.29 is 4.74 Å². The SMILES string of the molecule is Cc1ccc(N)c(SC2CCOCC2)n1. The molecule has 0 amide bonds. The van der Waals surface area contributed by atoms with Crippen LogP contribution >= 0.6 is 11.8 Å². The van der Waals surface area contributed by atoms with Crippen molar-refractivity contribution in [2.45, 2.75) is 30.0 Å². The Hall–Kier alpha value is -0.740. The molecule has 0 aromatic carbocycles. The Morgan fingerprint density at radius 2 is 2.13 bits per heavy atom. The van der Waals surface area contributed by atoms with E-state index in [0.29, 0.717) is 5.25 Å². The molecule has 0 atom stereocenters. The lowest BCUT2D eigenvalue weighted by Crippen LogP contribution is -2.17. The average Bonchev–Trinajstić information content (AvgIpc) is 2.25. The van der Waals surface area contributed by atoms with Gasteiger partial charge in [0, 0.05) is 24.2 Å². The van der Waals surface area contributed by atoms with E-state index in [-0.39, 0.29) is 0 Å². The molecular weight excluding hydrogens is 208 g/mol. The van der Waals surface area contributed by atoms with Crippen molar-refractivity contribution >= 4 is 17.4 Å². The highest BCUT2D eigenvalue weighted by molar-refractivity contribution is 8.00. The summed E-state index contributed by atoms with van der Waals surface area (Å²) >= 11 is 1.79. The van der Waals surface area contributed by atoms with E-state index in [9.17, 15) is 0 Å². The van der Waals surface area contributed by atoms with E-state index in [1.54, 1.807) is 11.8 Å². The number of ether oxygens (including phenoxy) is 1. The first-order valence-corrected chi connectivity index (χ1v) is 6.11. The number of nitrogen functional groups attached to an aromatic ring is 1. The number of anilines is 1. The Morgan fingerprint density at radius 1 is 1.40 bits per heavy atom. The molecule has 0 spiro atoms. The van der Waals surface area contributed by atoms with Gasteiger partial charge in [0.25, 0.3) is 0 Å². The van der Waals surface area contributed by atoms with Crippen LogP contribution in [0.25, 0.3) is 0 Å². The Bertz CT molecular complexity index is 337. The van der Waals surface area contributed by atoms with Crippen molar-refractivity contribution in [3.63, 3.8) is 0 Å². The summed E-state index contributed by atoms with van der Waals surface area (Å²) in [4.78, 5) is 4.46. The zero-order valence-electron chi connectivity index (χ0n) is 8.90. The van der Waals surface area contributed by atoms with Crippen molar-refractivity contribution in [3.8, 4) is 0 Å². The summed E-state index contributed by atoms with van der Waals surface area (Å²) in [5.74, 6) is 0. The minimum absolute atomic E-state index is 0.607. The van der Waals surface area contributed by atoms with Gasteiger partial charge < -0.3 is 10.5 Å². The number of nitrogens with zero attached hydrogens (tertiary/aromatic N) is 1. The topological polar surface area (TPSA) is 48.1 Å². The molecule has 15 heavy (non-hydrogen) atoms. The van der Waals surface area contributed by atoms with Crippen LogP contribution in [0.2, 0.25) is 0 Å². The molecule has 0 unspecified atom stereocenters. The molecule has 3 nitrogen and oxygen atoms in total. The van der Waals surface area contributed by atoms with Gasteiger partial charge in [0.05, 0.1) is 5.69 Å². The fraction of sp³-hybridized carbons (Fsp3) is 0.545. The number of hydrogen-bond acceptors (Lipinski definition) is 4. The van der Waals surface area contributed by atoms with E-state index >= 15 is 0 Å². The predicted octanol–water partition coefficient (Wildman–Crippen LogP) is 2.24. The van der Waals surface area contributed by atoms with Gasteiger partial charge in [0.1, 0.15) is 5.03 Å². The van der Waals surface area contributed by atoms with Crippen molar-refractivity contribution in [2.24, 2.45) is 0 Å². The lowest BCUT2D eigenvalue weighted by molar-refractivity contribution is 0.1000. The number of aromatic nitrogens is 1. The first-order chi connectivity index (χ1) is 7.25. The van der Waals surface area contributed by atoms with Crippen LogP contribution in [-0.2, 0) is 4.74 Å². The van der Waals surface area contributed by atoms with Gasteiger partial charge in [-0.1, -0.05) is 0 Å². The van der Waals surface area contributed by atoms with Gasteiger partial charge in [-0.05, 0) is 31.9 Å². The lowest BCUT2D eigenvalue weighted by atomic mass is 10.2. The second kappa shape index (κ2) is 4.86. The monoisotopic (exact) mass is 224 g/mol. The molecule has 1 aliphatic rings. The summed E-state index contributed by atoms with van der Waals surface area (Å²) in [7, 11) is 0. The van der Waals surface area contributed by atoms with Crippen LogP contribution in [-0.4, -0.2) is 23.4 Å². The van der Waals surface area contributed by atoms with Crippen LogP contribution in [0, 0.1) is 6.92 Å². The van der Waals surface area contributed by atoms with Crippen LogP contribution in [0.1, 0.15) is 18.5 Å². The largest absolute Gasteiger partial charge is 0.397 e. The Balaban J connectivity index is 2.05. The minimum atomic E-state index is 0.607. The van der Waals surface area contributed by atoms with Crippen molar-refractivity contribution in [2.75, 3.05) is 18.9 Å². The van der Waals surface area contributed by atoms with E-state index in [2.05, 4.69) is 4.98 Å². The van der Waals surface area contributed by atoms with Crippen LogP contribution in [0.15, 0.2) is 17.2 Å². The van der Waals surface area contributed by atoms with E-state index in [0.717, 1.165) is 42.5 Å². The van der Waals surface area contributed by atoms with Crippen LogP contribution < -0.4 is 5.73 Å². The maximum atomic E-state index is 5.89. The zero-order chi connectivity index (χ0) is 10.7. The maximum absolute atomic E-state index is 5.89. The van der Waals surface area contributed by atoms with Gasteiger partial charge in [-0.15, -0.1) is 11.8 Å². The van der Waals surface area contributed by atoms with Gasteiger partial charge in [-0.3, -0.25) is 0 Å². The normalized spacial score (nSPS) is 17.9. The Morgan fingerprint density at radius 3 is 2.87 bits per heavy atom. The van der Waals surface area contributed by atoms with E-state index in [4.69, 9.17) is 10.5 Å². The zero-order valence-corrected chi connectivity index (χ0v) is 9.72. The lowest BCUT2D eigenvalue weighted by Gasteiger charge is -2.21. The summed E-state index contributed by atoms with van der Waals surface area (Å²) < 4.78 is 5.33. The summed E-state index contributed by atoms with van der Waals surface area (Å²) in [6.45, 7) is 3.72. The summed E-state index contributed by atoms with van der Waals surface area (Å²) in [6, 6.07) is 3.88. The van der Waals surface area contributed by atoms with Gasteiger partial charge in [0.2, 0.25) is 0 Å². The molecule has 1 saturated heterocycles. The third-order valence-electron chi connectivity index (χ3n) is 2.48. The van der Waals surface area contributed by atoms with Crippen molar-refractivity contribution in [1.29, 1.82) is 0 Å². The fourth-order valence-electron chi connectivity index (χ4n) is 1.59. The number of aryl methyl sites for hydroxylation is 1. The molecule has 2 rings (SSSR count). The van der Waals surface area contributed by atoms with E-state index in [1.807, 2.05) is 19.1 Å². The second-order valence-corrected chi connectivity index (χ2v) is 5.07. The molecule has 1 fully saturated rings. The summed E-state index contributed by atoms with van der Waals surface area (Å²) in [5.41, 5.74) is 7.71. The summed E-state index contributed by atoms with van der Waals surface area (Å²) in [6.07, 6.45) is 2.19. The predicted molar refractivity (Wildman–Crippen MR) is 63.1 cm³/mol. The number of nitrogens with two attached hydrogens (primary N) is 1. The molecule has 0 aliphatic carbocycles. The molecule has 0 bridgehead atoms. The molecule has 1 aromatic rings. The van der Waals surface area contributed by atoms with Crippen LogP contribution in [0.4, 0.5) is 5.69 Å². The number of rotatable bonds is 2. The molecule has 82 valence electrons. The van der Waals surface area contributed by atoms with Gasteiger partial charge in [0.15, 0.2) is 0 Å². The molecular formula is C11H16N2OS. The third-order valence-corrected chi connectivity index (χ3v) is 3.83. The van der Waals surface area contributed by atoms with Gasteiger partial charge in [-0.2, -0.15) is 0 Å². The molecule has 1 aromatic heterocycles. The van der Waals surface area contributed by atoms with Crippen molar-refractivity contribution in [1.82, 2.24) is 4.98 Å². The van der Waals surface area contributed by atoms with Gasteiger partial charge >= 0.3 is 0 Å². The Kier molecular flexibility index (Phi) is 3.49. The first-order valence-electron chi connectivity index (χ1n) is 5.23. The Labute approximate surface area is 94.4 Å². The van der Waals surface area contributed by atoms with E-state index < -0.39 is 0 Å². The highest BCUT2D eigenvalue weighted by atomic mass is 32.2. The van der Waals surface area contributed by atoms with Crippen LogP contribution in [0.3, 0.4) is 0 Å². The standard InChI is InChI=1S/C11H16N2OS/c1-8-2-3-10(12)11(13-8)15-9-4-6-14-7-5-9/h2-3,9H,4-7,12H2,1H3. The number of thioether (sulfide) groups is 1. The van der Waals surface area contributed by atoms with Gasteiger partial charge in [-0.25, -0.2) is 4.98 Å². The average molecular weight is 224 g/mol. The molecule has 2 N–H and O–H groups in total. The number of pyridine rings is 1. The maximum Gasteiger partial charge on any atom is 0.120 e. The highest BCUT2D eigenvalue weighted by Crippen LogP contribution is 2.31. The smallest absolute Gasteiger partial charge is 0.120 e. The highest BCUT2D eigenvalue weighted by Gasteiger charge is 2.16. The second-order valence-electron chi connectivity index (χ2n) is 3.78. The molecule has 2 heterocycles. The van der Waals surface area contributed by atoms with Crippen molar-refractivity contribution in [3.05, 3.63) is 17.8 Å². The van der Waals surface area contributed by atoms with Crippen LogP contribution in [0.5, 0.6) is 0 Å². The quantitative estimate of drug-likeness (QED) is 0.837. The summed E-state index contributed by atoms with van der Waals surface area (Å²) in [5, 5.41) is 1.58. The first kappa shape index (κ1) is 10.8. The fourth-order valence-corrected chi connectivity index (χ4v) is 2.73. The molecule has 0 saturated carbocycles. The number of hydrogen-bond donors (Lipinski definition) is 1. The van der Waals surface area contributed by atoms with E-state index in [1.165, 1.54) is 0 Å².